The lowest BCUT2D eigenvalue weighted by molar-refractivity contribution is -0.138. The minimum absolute atomic E-state index is 0.0849. The van der Waals surface area contributed by atoms with E-state index in [0.29, 0.717) is 10.9 Å². The highest BCUT2D eigenvalue weighted by molar-refractivity contribution is 7.98. The molecule has 0 saturated carbocycles. The molecule has 1 aliphatic heterocycles. The van der Waals surface area contributed by atoms with Gasteiger partial charge in [0, 0.05) is 30.1 Å². The second kappa shape index (κ2) is 8.13. The molecular formula is C17H25FN2O2S. The Morgan fingerprint density at radius 3 is 2.65 bits per heavy atom. The van der Waals surface area contributed by atoms with E-state index in [1.54, 1.807) is 6.07 Å². The molecule has 1 unspecified atom stereocenters. The van der Waals surface area contributed by atoms with E-state index in [1.807, 2.05) is 30.3 Å². The van der Waals surface area contributed by atoms with Gasteiger partial charge in [0.15, 0.2) is 0 Å². The molecule has 0 bridgehead atoms. The van der Waals surface area contributed by atoms with E-state index in [9.17, 15) is 9.18 Å². The largest absolute Gasteiger partial charge is 0.480 e. The van der Waals surface area contributed by atoms with E-state index in [0.717, 1.165) is 31.5 Å². The van der Waals surface area contributed by atoms with Crippen molar-refractivity contribution in [2.45, 2.75) is 36.7 Å². The monoisotopic (exact) mass is 340 g/mol. The smallest absolute Gasteiger partial charge is 0.317 e. The van der Waals surface area contributed by atoms with Crippen LogP contribution >= 0.6 is 11.8 Å². The second-order valence-corrected chi connectivity index (χ2v) is 6.99. The Morgan fingerprint density at radius 2 is 2.13 bits per heavy atom. The summed E-state index contributed by atoms with van der Waals surface area (Å²) in [5.41, 5.74) is 0.998. The van der Waals surface area contributed by atoms with E-state index in [1.165, 1.54) is 11.8 Å². The molecule has 0 spiro atoms. The minimum Gasteiger partial charge on any atom is -0.480 e. The highest BCUT2D eigenvalue weighted by atomic mass is 32.2. The van der Waals surface area contributed by atoms with Crippen LogP contribution in [0.2, 0.25) is 0 Å². The van der Waals surface area contributed by atoms with Crippen molar-refractivity contribution in [2.24, 2.45) is 0 Å². The lowest BCUT2D eigenvalue weighted by Crippen LogP contribution is -2.45. The van der Waals surface area contributed by atoms with Crippen LogP contribution in [0.25, 0.3) is 0 Å². The van der Waals surface area contributed by atoms with Crippen molar-refractivity contribution in [3.8, 4) is 0 Å². The molecule has 23 heavy (non-hydrogen) atoms. The van der Waals surface area contributed by atoms with Crippen molar-refractivity contribution in [1.29, 1.82) is 0 Å². The number of likely N-dealkylation sites (tertiary alicyclic amines) is 1. The Kier molecular flexibility index (Phi) is 6.44. The molecule has 6 heteroatoms. The number of likely N-dealkylation sites (N-methyl/N-ethyl adjacent to an activating group) is 1. The summed E-state index contributed by atoms with van der Waals surface area (Å²) in [6, 6.07) is 5.97. The molecule has 2 rings (SSSR count). The fraction of sp³-hybridized carbons (Fsp3) is 0.588. The Hall–Kier alpha value is -1.11. The predicted octanol–water partition coefficient (Wildman–Crippen LogP) is 3.09. The summed E-state index contributed by atoms with van der Waals surface area (Å²) < 4.78 is 14.0. The molecule has 0 aliphatic carbocycles. The zero-order valence-electron chi connectivity index (χ0n) is 14.0. The van der Waals surface area contributed by atoms with Gasteiger partial charge >= 0.3 is 5.97 Å². The first-order valence-corrected chi connectivity index (χ1v) is 9.14. The summed E-state index contributed by atoms with van der Waals surface area (Å²) in [7, 11) is 1.87. The number of nitrogens with zero attached hydrogens (tertiary/aromatic N) is 2. The molecule has 1 saturated heterocycles. The topological polar surface area (TPSA) is 43.8 Å². The average molecular weight is 340 g/mol. The van der Waals surface area contributed by atoms with Gasteiger partial charge in [-0.1, -0.05) is 6.07 Å². The zero-order chi connectivity index (χ0) is 17.0. The number of halogens is 1. The number of carbonyl (C=O) groups is 1. The van der Waals surface area contributed by atoms with E-state index in [-0.39, 0.29) is 18.4 Å². The molecule has 0 radical (unpaired) electrons. The number of aliphatic carboxylic acids is 1. The van der Waals surface area contributed by atoms with Gasteiger partial charge in [-0.3, -0.25) is 14.6 Å². The highest BCUT2D eigenvalue weighted by Crippen LogP contribution is 2.28. The van der Waals surface area contributed by atoms with Crippen LogP contribution < -0.4 is 0 Å². The van der Waals surface area contributed by atoms with Crippen molar-refractivity contribution in [1.82, 2.24) is 9.80 Å². The first-order valence-electron chi connectivity index (χ1n) is 7.92. The van der Waals surface area contributed by atoms with Crippen LogP contribution in [-0.4, -0.2) is 59.9 Å². The van der Waals surface area contributed by atoms with Crippen molar-refractivity contribution in [2.75, 3.05) is 32.9 Å². The normalized spacial score (nSPS) is 18.3. The molecule has 4 nitrogen and oxygen atoms in total. The minimum atomic E-state index is -0.785. The van der Waals surface area contributed by atoms with Crippen molar-refractivity contribution < 1.29 is 14.3 Å². The van der Waals surface area contributed by atoms with E-state index in [2.05, 4.69) is 11.8 Å². The molecule has 1 N–H and O–H groups in total. The third kappa shape index (κ3) is 4.68. The number of benzene rings is 1. The fourth-order valence-electron chi connectivity index (χ4n) is 3.21. The van der Waals surface area contributed by atoms with Crippen LogP contribution in [0, 0.1) is 5.82 Å². The van der Waals surface area contributed by atoms with Gasteiger partial charge in [-0.25, -0.2) is 4.39 Å². The lowest BCUT2D eigenvalue weighted by Gasteiger charge is -2.39. The highest BCUT2D eigenvalue weighted by Gasteiger charge is 2.26. The second-order valence-electron chi connectivity index (χ2n) is 6.15. The van der Waals surface area contributed by atoms with Crippen LogP contribution in [0.1, 0.15) is 31.4 Å². The summed E-state index contributed by atoms with van der Waals surface area (Å²) in [6.45, 7) is 4.00. The van der Waals surface area contributed by atoms with Gasteiger partial charge in [-0.2, -0.15) is 0 Å². The number of carboxylic acid groups (broad SMARTS) is 1. The van der Waals surface area contributed by atoms with Gasteiger partial charge in [0.05, 0.1) is 6.54 Å². The third-order valence-corrected chi connectivity index (χ3v) is 5.48. The van der Waals surface area contributed by atoms with Crippen LogP contribution in [0.5, 0.6) is 0 Å². The average Bonchev–Trinajstić information content (AvgIpc) is 2.53. The molecule has 1 fully saturated rings. The third-order valence-electron chi connectivity index (χ3n) is 4.71. The van der Waals surface area contributed by atoms with E-state index < -0.39 is 5.97 Å². The maximum Gasteiger partial charge on any atom is 0.317 e. The van der Waals surface area contributed by atoms with Crippen molar-refractivity contribution >= 4 is 17.7 Å². The molecule has 1 heterocycles. The number of piperidine rings is 1. The van der Waals surface area contributed by atoms with E-state index >= 15 is 0 Å². The molecule has 0 aromatic heterocycles. The molecule has 1 atom stereocenters. The van der Waals surface area contributed by atoms with Crippen LogP contribution in [0.3, 0.4) is 0 Å². The SMILES string of the molecule is CSc1ccc(C(C)N2CCC(N(C)CC(=O)O)CC2)cc1F. The van der Waals surface area contributed by atoms with Crippen LogP contribution in [0.4, 0.5) is 4.39 Å². The van der Waals surface area contributed by atoms with Gasteiger partial charge in [0.2, 0.25) is 0 Å². The number of hydrogen-bond acceptors (Lipinski definition) is 4. The zero-order valence-corrected chi connectivity index (χ0v) is 14.8. The summed E-state index contributed by atoms with van der Waals surface area (Å²) in [4.78, 5) is 15.7. The molecule has 1 aliphatic rings. The van der Waals surface area contributed by atoms with Crippen molar-refractivity contribution in [3.05, 3.63) is 29.6 Å². The van der Waals surface area contributed by atoms with Gasteiger partial charge in [0.1, 0.15) is 5.82 Å². The Morgan fingerprint density at radius 1 is 1.48 bits per heavy atom. The van der Waals surface area contributed by atoms with Crippen molar-refractivity contribution in [3.63, 3.8) is 0 Å². The molecule has 0 amide bonds. The van der Waals surface area contributed by atoms with Gasteiger partial charge in [0.25, 0.3) is 0 Å². The lowest BCUT2D eigenvalue weighted by atomic mass is 9.99. The van der Waals surface area contributed by atoms with Gasteiger partial charge < -0.3 is 5.11 Å². The summed E-state index contributed by atoms with van der Waals surface area (Å²) in [6.07, 6.45) is 3.76. The molecule has 1 aromatic rings. The Balaban J connectivity index is 1.94. The van der Waals surface area contributed by atoms with E-state index in [4.69, 9.17) is 5.11 Å². The number of thioether (sulfide) groups is 1. The molecule has 128 valence electrons. The quantitative estimate of drug-likeness (QED) is 0.806. The Bertz CT molecular complexity index is 547. The standard InChI is InChI=1S/C17H25FN2O2S/c1-12(13-4-5-16(23-3)15(18)10-13)20-8-6-14(7-9-20)19(2)11-17(21)22/h4-5,10,12,14H,6-9,11H2,1-3H3,(H,21,22). The first kappa shape index (κ1) is 18.2. The van der Waals surface area contributed by atoms with Crippen LogP contribution in [0.15, 0.2) is 23.1 Å². The predicted molar refractivity (Wildman–Crippen MR) is 91.5 cm³/mol. The van der Waals surface area contributed by atoms with Gasteiger partial charge in [-0.15, -0.1) is 11.8 Å². The first-order chi connectivity index (χ1) is 10.9. The summed E-state index contributed by atoms with van der Waals surface area (Å²) in [5.74, 6) is -0.939. The number of hydrogen-bond donors (Lipinski definition) is 1. The summed E-state index contributed by atoms with van der Waals surface area (Å²) >= 11 is 1.42. The fourth-order valence-corrected chi connectivity index (χ4v) is 3.67. The molecule has 1 aromatic carbocycles. The van der Waals surface area contributed by atoms with Gasteiger partial charge in [-0.05, 0) is 50.8 Å². The maximum atomic E-state index is 14.0. The number of rotatable bonds is 6. The summed E-state index contributed by atoms with van der Waals surface area (Å²) in [5, 5.41) is 8.88. The number of carboxylic acids is 1. The van der Waals surface area contributed by atoms with Crippen LogP contribution in [-0.2, 0) is 4.79 Å². The Labute approximate surface area is 141 Å². The molecular weight excluding hydrogens is 315 g/mol. The maximum absolute atomic E-state index is 14.0.